The first-order valence-corrected chi connectivity index (χ1v) is 8.94. The van der Waals surface area contributed by atoms with Crippen molar-refractivity contribution < 1.29 is 0 Å². The first kappa shape index (κ1) is 15.5. The van der Waals surface area contributed by atoms with Gasteiger partial charge in [0.05, 0.1) is 6.04 Å². The molecule has 2 heterocycles. The lowest BCUT2D eigenvalue weighted by Crippen LogP contribution is -2.32. The summed E-state index contributed by atoms with van der Waals surface area (Å²) >= 11 is 1.79. The van der Waals surface area contributed by atoms with Gasteiger partial charge in [0.2, 0.25) is 0 Å². The molecule has 118 valence electrons. The molecule has 1 atom stereocenters. The normalized spacial score (nSPS) is 17.9. The first-order chi connectivity index (χ1) is 10.8. The highest BCUT2D eigenvalue weighted by Crippen LogP contribution is 2.31. The molecule has 0 radical (unpaired) electrons. The number of rotatable bonds is 4. The van der Waals surface area contributed by atoms with Crippen LogP contribution in [0.1, 0.15) is 23.6 Å². The maximum absolute atomic E-state index is 3.51. The van der Waals surface area contributed by atoms with Crippen LogP contribution < -0.4 is 10.2 Å². The van der Waals surface area contributed by atoms with E-state index in [9.17, 15) is 0 Å². The van der Waals surface area contributed by atoms with Crippen LogP contribution in [0.3, 0.4) is 0 Å². The highest BCUT2D eigenvalue weighted by molar-refractivity contribution is 7.08. The van der Waals surface area contributed by atoms with Crippen molar-refractivity contribution in [2.75, 3.05) is 45.2 Å². The van der Waals surface area contributed by atoms with Gasteiger partial charge >= 0.3 is 0 Å². The van der Waals surface area contributed by atoms with Crippen molar-refractivity contribution in [3.05, 3.63) is 52.2 Å². The van der Waals surface area contributed by atoms with E-state index in [4.69, 9.17) is 0 Å². The molecule has 3 nitrogen and oxygen atoms in total. The zero-order chi connectivity index (χ0) is 15.4. The van der Waals surface area contributed by atoms with Crippen molar-refractivity contribution in [1.29, 1.82) is 0 Å². The molecule has 1 fully saturated rings. The van der Waals surface area contributed by atoms with Crippen molar-refractivity contribution in [2.45, 2.75) is 12.5 Å². The summed E-state index contributed by atoms with van der Waals surface area (Å²) in [7, 11) is 4.18. The molecule has 1 aliphatic heterocycles. The molecule has 0 amide bonds. The van der Waals surface area contributed by atoms with Crippen LogP contribution in [0.25, 0.3) is 0 Å². The molecule has 1 aliphatic rings. The Balaban J connectivity index is 1.90. The van der Waals surface area contributed by atoms with Crippen LogP contribution in [0, 0.1) is 0 Å². The third kappa shape index (κ3) is 3.51. The van der Waals surface area contributed by atoms with Crippen LogP contribution in [-0.2, 0) is 0 Å². The molecular formula is C18H25N3S. The van der Waals surface area contributed by atoms with Gasteiger partial charge in [0.1, 0.15) is 0 Å². The fourth-order valence-corrected chi connectivity index (χ4v) is 3.80. The fourth-order valence-electron chi connectivity index (χ4n) is 3.12. The minimum Gasteiger partial charge on any atom is -0.378 e. The number of nitrogens with one attached hydrogen (secondary N) is 1. The highest BCUT2D eigenvalue weighted by Gasteiger charge is 2.23. The molecule has 1 N–H and O–H groups in total. The van der Waals surface area contributed by atoms with Crippen molar-refractivity contribution >= 4 is 17.0 Å². The molecule has 0 bridgehead atoms. The summed E-state index contributed by atoms with van der Waals surface area (Å²) in [6.45, 7) is 4.47. The Kier molecular flexibility index (Phi) is 5.13. The summed E-state index contributed by atoms with van der Waals surface area (Å²) in [5, 5.41) is 7.99. The largest absolute Gasteiger partial charge is 0.378 e. The lowest BCUT2D eigenvalue weighted by Gasteiger charge is -2.31. The lowest BCUT2D eigenvalue weighted by atomic mass is 9.98. The number of nitrogens with zero attached hydrogens (tertiary/aromatic N) is 2. The third-order valence-corrected chi connectivity index (χ3v) is 5.03. The highest BCUT2D eigenvalue weighted by atomic mass is 32.1. The first-order valence-electron chi connectivity index (χ1n) is 8.00. The standard InChI is InChI=1S/C18H25N3S/c1-20(2)17-6-4-15(5-7-17)18(16-8-13-22-14-16)21-11-3-9-19-10-12-21/h4-8,13-14,18-19H,3,9-12H2,1-2H3. The van der Waals surface area contributed by atoms with E-state index in [1.165, 1.54) is 23.2 Å². The molecule has 0 spiro atoms. The third-order valence-electron chi connectivity index (χ3n) is 4.32. The van der Waals surface area contributed by atoms with E-state index in [2.05, 4.69) is 70.3 Å². The quantitative estimate of drug-likeness (QED) is 0.935. The van der Waals surface area contributed by atoms with Gasteiger partial charge in [0, 0.05) is 39.4 Å². The number of benzene rings is 1. The SMILES string of the molecule is CN(C)c1ccc(C(c2ccsc2)N2CCCNCC2)cc1. The summed E-state index contributed by atoms with van der Waals surface area (Å²) in [6, 6.07) is 11.7. The van der Waals surface area contributed by atoms with E-state index in [1.807, 2.05) is 0 Å². The van der Waals surface area contributed by atoms with E-state index in [0.717, 1.165) is 26.2 Å². The zero-order valence-electron chi connectivity index (χ0n) is 13.5. The van der Waals surface area contributed by atoms with E-state index < -0.39 is 0 Å². The van der Waals surface area contributed by atoms with Crippen LogP contribution in [-0.4, -0.2) is 45.2 Å². The monoisotopic (exact) mass is 315 g/mol. The smallest absolute Gasteiger partial charge is 0.0610 e. The molecule has 1 aromatic heterocycles. The van der Waals surface area contributed by atoms with Gasteiger partial charge in [-0.25, -0.2) is 0 Å². The minimum atomic E-state index is 0.377. The van der Waals surface area contributed by atoms with Gasteiger partial charge < -0.3 is 10.2 Å². The molecule has 2 aromatic rings. The van der Waals surface area contributed by atoms with Gasteiger partial charge in [-0.3, -0.25) is 4.90 Å². The fraction of sp³-hybridized carbons (Fsp3) is 0.444. The lowest BCUT2D eigenvalue weighted by molar-refractivity contribution is 0.241. The van der Waals surface area contributed by atoms with Crippen LogP contribution in [0.4, 0.5) is 5.69 Å². The molecule has 4 heteroatoms. The average molecular weight is 315 g/mol. The molecule has 0 saturated carbocycles. The number of hydrogen-bond acceptors (Lipinski definition) is 4. The van der Waals surface area contributed by atoms with Gasteiger partial charge in [-0.2, -0.15) is 11.3 Å². The Morgan fingerprint density at radius 3 is 2.55 bits per heavy atom. The summed E-state index contributed by atoms with van der Waals surface area (Å²) < 4.78 is 0. The maximum Gasteiger partial charge on any atom is 0.0610 e. The van der Waals surface area contributed by atoms with Gasteiger partial charge in [-0.1, -0.05) is 12.1 Å². The van der Waals surface area contributed by atoms with Crippen molar-refractivity contribution in [1.82, 2.24) is 10.2 Å². The van der Waals surface area contributed by atoms with Gasteiger partial charge in [0.15, 0.2) is 0 Å². The molecular weight excluding hydrogens is 290 g/mol. The Labute approximate surface area is 137 Å². The van der Waals surface area contributed by atoms with Crippen LogP contribution in [0.15, 0.2) is 41.1 Å². The minimum absolute atomic E-state index is 0.377. The number of thiophene rings is 1. The second kappa shape index (κ2) is 7.27. The Morgan fingerprint density at radius 2 is 1.86 bits per heavy atom. The van der Waals surface area contributed by atoms with E-state index in [0.29, 0.717) is 6.04 Å². The van der Waals surface area contributed by atoms with Crippen LogP contribution in [0.2, 0.25) is 0 Å². The second-order valence-corrected chi connectivity index (χ2v) is 6.86. The topological polar surface area (TPSA) is 18.5 Å². The van der Waals surface area contributed by atoms with Crippen molar-refractivity contribution in [2.24, 2.45) is 0 Å². The predicted molar refractivity (Wildman–Crippen MR) is 96.0 cm³/mol. The summed E-state index contributed by atoms with van der Waals surface area (Å²) in [5.41, 5.74) is 4.07. The van der Waals surface area contributed by atoms with Crippen LogP contribution in [0.5, 0.6) is 0 Å². The van der Waals surface area contributed by atoms with Gasteiger partial charge in [-0.15, -0.1) is 0 Å². The summed E-state index contributed by atoms with van der Waals surface area (Å²) in [6.07, 6.45) is 1.22. The molecule has 1 aromatic carbocycles. The average Bonchev–Trinajstić information content (AvgIpc) is 2.91. The molecule has 1 saturated heterocycles. The summed E-state index contributed by atoms with van der Waals surface area (Å²) in [5.74, 6) is 0. The maximum atomic E-state index is 3.51. The summed E-state index contributed by atoms with van der Waals surface area (Å²) in [4.78, 5) is 4.77. The Morgan fingerprint density at radius 1 is 1.05 bits per heavy atom. The van der Waals surface area contributed by atoms with Crippen molar-refractivity contribution in [3.8, 4) is 0 Å². The Hall–Kier alpha value is -1.36. The van der Waals surface area contributed by atoms with Gasteiger partial charge in [0.25, 0.3) is 0 Å². The molecule has 0 aliphatic carbocycles. The molecule has 22 heavy (non-hydrogen) atoms. The van der Waals surface area contributed by atoms with Crippen LogP contribution >= 0.6 is 11.3 Å². The number of anilines is 1. The van der Waals surface area contributed by atoms with E-state index in [1.54, 1.807) is 11.3 Å². The van der Waals surface area contributed by atoms with E-state index in [-0.39, 0.29) is 0 Å². The number of hydrogen-bond donors (Lipinski definition) is 1. The predicted octanol–water partition coefficient (Wildman–Crippen LogP) is 3.20. The van der Waals surface area contributed by atoms with Crippen molar-refractivity contribution in [3.63, 3.8) is 0 Å². The molecule has 3 rings (SSSR count). The van der Waals surface area contributed by atoms with Gasteiger partial charge in [-0.05, 0) is 53.1 Å². The second-order valence-electron chi connectivity index (χ2n) is 6.08. The molecule has 1 unspecified atom stereocenters. The Bertz CT molecular complexity index is 555. The van der Waals surface area contributed by atoms with E-state index >= 15 is 0 Å². The zero-order valence-corrected chi connectivity index (χ0v) is 14.3.